The van der Waals surface area contributed by atoms with Gasteiger partial charge in [-0.25, -0.2) is 4.79 Å². The molecule has 0 heterocycles. The van der Waals surface area contributed by atoms with Crippen LogP contribution in [0.4, 0.5) is 0 Å². The molecule has 13 heavy (non-hydrogen) atoms. The van der Waals surface area contributed by atoms with Crippen molar-refractivity contribution >= 4 is 5.97 Å². The Morgan fingerprint density at radius 2 is 1.85 bits per heavy atom. The summed E-state index contributed by atoms with van der Waals surface area (Å²) in [5, 5.41) is 0. The van der Waals surface area contributed by atoms with Gasteiger partial charge in [0.2, 0.25) is 0 Å². The third kappa shape index (κ3) is 7.97. The molecule has 2 heteroatoms. The quantitative estimate of drug-likeness (QED) is 0.340. The number of methoxy groups -OCH3 is 1. The molecule has 0 unspecified atom stereocenters. The Morgan fingerprint density at radius 1 is 1.23 bits per heavy atom. The SMILES string of the molecule is C/C=C\C#CC#C/C=C\C(=O)OC. The van der Waals surface area contributed by atoms with Gasteiger partial charge in [-0.3, -0.25) is 0 Å². The number of hydrogen-bond donors (Lipinski definition) is 0. The van der Waals surface area contributed by atoms with Crippen molar-refractivity contribution in [3.8, 4) is 23.7 Å². The molecular formula is C11H10O2. The molecular weight excluding hydrogens is 164 g/mol. The second-order valence-electron chi connectivity index (χ2n) is 1.90. The fraction of sp³-hybridized carbons (Fsp3) is 0.182. The topological polar surface area (TPSA) is 26.3 Å². The highest BCUT2D eigenvalue weighted by Gasteiger charge is 1.85. The fourth-order valence-electron chi connectivity index (χ4n) is 0.417. The minimum atomic E-state index is -0.421. The standard InChI is InChI=1S/C11H10O2/c1-3-4-5-6-7-8-9-10-11(12)13-2/h3-4,9-10H,1-2H3/b4-3-,10-9-. The summed E-state index contributed by atoms with van der Waals surface area (Å²) < 4.78 is 4.35. The molecule has 0 aromatic rings. The maximum Gasteiger partial charge on any atom is 0.331 e. The van der Waals surface area contributed by atoms with E-state index in [9.17, 15) is 4.79 Å². The van der Waals surface area contributed by atoms with E-state index in [0.29, 0.717) is 0 Å². The molecule has 0 aromatic heterocycles. The summed E-state index contributed by atoms with van der Waals surface area (Å²) >= 11 is 0. The van der Waals surface area contributed by atoms with Crippen LogP contribution in [0, 0.1) is 23.7 Å². The first kappa shape index (κ1) is 11.1. The van der Waals surface area contributed by atoms with Gasteiger partial charge in [-0.1, -0.05) is 17.9 Å². The minimum Gasteiger partial charge on any atom is -0.466 e. The van der Waals surface area contributed by atoms with E-state index >= 15 is 0 Å². The van der Waals surface area contributed by atoms with E-state index < -0.39 is 5.97 Å². The van der Waals surface area contributed by atoms with Gasteiger partial charge in [-0.05, 0) is 30.9 Å². The summed E-state index contributed by atoms with van der Waals surface area (Å²) in [5.74, 6) is 9.95. The summed E-state index contributed by atoms with van der Waals surface area (Å²) in [6.07, 6.45) is 6.15. The van der Waals surface area contributed by atoms with Crippen LogP contribution < -0.4 is 0 Å². The van der Waals surface area contributed by atoms with Crippen molar-refractivity contribution in [2.24, 2.45) is 0 Å². The van der Waals surface area contributed by atoms with E-state index in [1.807, 2.05) is 13.0 Å². The van der Waals surface area contributed by atoms with Crippen molar-refractivity contribution < 1.29 is 9.53 Å². The molecule has 0 aromatic carbocycles. The van der Waals surface area contributed by atoms with Crippen molar-refractivity contribution in [2.45, 2.75) is 6.92 Å². The fourth-order valence-corrected chi connectivity index (χ4v) is 0.417. The van der Waals surface area contributed by atoms with Crippen LogP contribution in [0.3, 0.4) is 0 Å². The van der Waals surface area contributed by atoms with Crippen LogP contribution in [0.2, 0.25) is 0 Å². The highest BCUT2D eigenvalue weighted by molar-refractivity contribution is 5.82. The lowest BCUT2D eigenvalue weighted by Gasteiger charge is -1.84. The lowest BCUT2D eigenvalue weighted by Crippen LogP contribution is -1.92. The number of allylic oxidation sites excluding steroid dienone is 3. The van der Waals surface area contributed by atoms with Gasteiger partial charge in [-0.2, -0.15) is 0 Å². The Morgan fingerprint density at radius 3 is 2.38 bits per heavy atom. The van der Waals surface area contributed by atoms with Crippen LogP contribution in [-0.2, 0) is 9.53 Å². The molecule has 0 spiro atoms. The molecule has 0 rings (SSSR count). The van der Waals surface area contributed by atoms with Gasteiger partial charge in [0.15, 0.2) is 0 Å². The van der Waals surface area contributed by atoms with Gasteiger partial charge in [0, 0.05) is 6.08 Å². The summed E-state index contributed by atoms with van der Waals surface area (Å²) in [6.45, 7) is 1.87. The zero-order valence-corrected chi connectivity index (χ0v) is 7.63. The zero-order valence-electron chi connectivity index (χ0n) is 7.63. The summed E-state index contributed by atoms with van der Waals surface area (Å²) in [6, 6.07) is 0. The molecule has 2 nitrogen and oxygen atoms in total. The van der Waals surface area contributed by atoms with Gasteiger partial charge < -0.3 is 4.74 Å². The maximum atomic E-state index is 10.5. The largest absolute Gasteiger partial charge is 0.466 e. The Labute approximate surface area is 78.3 Å². The smallest absolute Gasteiger partial charge is 0.331 e. The van der Waals surface area contributed by atoms with E-state index in [-0.39, 0.29) is 0 Å². The van der Waals surface area contributed by atoms with E-state index in [1.54, 1.807) is 6.08 Å². The van der Waals surface area contributed by atoms with E-state index in [2.05, 4.69) is 28.4 Å². The predicted octanol–water partition coefficient (Wildman–Crippen LogP) is 1.30. The Hall–Kier alpha value is -1.93. The first-order chi connectivity index (χ1) is 6.31. The Kier molecular flexibility index (Phi) is 6.96. The molecule has 0 saturated heterocycles. The van der Waals surface area contributed by atoms with Gasteiger partial charge in [0.25, 0.3) is 0 Å². The second kappa shape index (κ2) is 8.17. The third-order valence-corrected chi connectivity index (χ3v) is 0.961. The highest BCUT2D eigenvalue weighted by atomic mass is 16.5. The van der Waals surface area contributed by atoms with Gasteiger partial charge in [-0.15, -0.1) is 0 Å². The molecule has 66 valence electrons. The number of ether oxygens (including phenoxy) is 1. The van der Waals surface area contributed by atoms with Crippen LogP contribution in [0.1, 0.15) is 6.92 Å². The predicted molar refractivity (Wildman–Crippen MR) is 51.5 cm³/mol. The zero-order chi connectivity index (χ0) is 9.94. The van der Waals surface area contributed by atoms with Crippen LogP contribution in [0.5, 0.6) is 0 Å². The molecule has 0 aliphatic rings. The lowest BCUT2D eigenvalue weighted by molar-refractivity contribution is -0.134. The summed E-state index contributed by atoms with van der Waals surface area (Å²) in [4.78, 5) is 10.5. The molecule has 0 radical (unpaired) electrons. The second-order valence-corrected chi connectivity index (χ2v) is 1.90. The molecule has 0 aliphatic heterocycles. The number of carbonyl (C=O) groups excluding carboxylic acids is 1. The van der Waals surface area contributed by atoms with Crippen molar-refractivity contribution in [1.29, 1.82) is 0 Å². The molecule has 0 N–H and O–H groups in total. The Bertz CT molecular complexity index is 327. The van der Waals surface area contributed by atoms with Crippen molar-refractivity contribution in [1.82, 2.24) is 0 Å². The van der Waals surface area contributed by atoms with Crippen LogP contribution >= 0.6 is 0 Å². The normalized spacial score (nSPS) is 8.77. The minimum absolute atomic E-state index is 0.421. The van der Waals surface area contributed by atoms with Crippen LogP contribution in [0.15, 0.2) is 24.3 Å². The molecule has 0 fully saturated rings. The molecule has 0 bridgehead atoms. The summed E-state index contributed by atoms with van der Waals surface area (Å²) in [7, 11) is 1.31. The number of carbonyl (C=O) groups is 1. The molecule has 0 atom stereocenters. The van der Waals surface area contributed by atoms with Gasteiger partial charge >= 0.3 is 5.97 Å². The van der Waals surface area contributed by atoms with E-state index in [0.717, 1.165) is 0 Å². The van der Waals surface area contributed by atoms with E-state index in [4.69, 9.17) is 0 Å². The number of hydrogen-bond acceptors (Lipinski definition) is 2. The van der Waals surface area contributed by atoms with Crippen molar-refractivity contribution in [3.63, 3.8) is 0 Å². The molecule has 0 saturated carbocycles. The molecule has 0 aliphatic carbocycles. The van der Waals surface area contributed by atoms with Crippen molar-refractivity contribution in [3.05, 3.63) is 24.3 Å². The average molecular weight is 174 g/mol. The van der Waals surface area contributed by atoms with Crippen LogP contribution in [0.25, 0.3) is 0 Å². The van der Waals surface area contributed by atoms with Gasteiger partial charge in [0.1, 0.15) is 0 Å². The van der Waals surface area contributed by atoms with Gasteiger partial charge in [0.05, 0.1) is 7.11 Å². The monoisotopic (exact) mass is 174 g/mol. The lowest BCUT2D eigenvalue weighted by atomic mass is 10.4. The van der Waals surface area contributed by atoms with Crippen molar-refractivity contribution in [2.75, 3.05) is 7.11 Å². The number of esters is 1. The molecule has 0 amide bonds. The van der Waals surface area contributed by atoms with Crippen LogP contribution in [-0.4, -0.2) is 13.1 Å². The summed E-state index contributed by atoms with van der Waals surface area (Å²) in [5.41, 5.74) is 0. The van der Waals surface area contributed by atoms with E-state index in [1.165, 1.54) is 19.3 Å². The highest BCUT2D eigenvalue weighted by Crippen LogP contribution is 1.75. The Balaban J connectivity index is 3.95. The number of rotatable bonds is 1. The first-order valence-electron chi connectivity index (χ1n) is 3.68. The average Bonchev–Trinajstić information content (AvgIpc) is 2.16. The maximum absolute atomic E-state index is 10.5. The third-order valence-electron chi connectivity index (χ3n) is 0.961. The first-order valence-corrected chi connectivity index (χ1v) is 3.68.